The average Bonchev–Trinajstić information content (AvgIpc) is 1.69. The molecule has 0 rings (SSSR count). The Morgan fingerprint density at radius 3 is 1.07 bits per heavy atom. The second-order valence-corrected chi connectivity index (χ2v) is 3.31. The van der Waals surface area contributed by atoms with Crippen LogP contribution in [0.15, 0.2) is 0 Å². The fourth-order valence-electron chi connectivity index (χ4n) is 0.750. The maximum Gasteiger partial charge on any atom is 0 e. The van der Waals surface area contributed by atoms with E-state index in [1.165, 1.54) is 12.8 Å². The van der Waals surface area contributed by atoms with Crippen LogP contribution >= 0.6 is 0 Å². The maximum absolute atomic E-state index is 2.27. The first-order valence-electron chi connectivity index (χ1n) is 4.06. The van der Waals surface area contributed by atoms with Gasteiger partial charge in [0.25, 0.3) is 0 Å². The zero-order valence-electron chi connectivity index (χ0n) is 11.5. The number of hydrogen-bond acceptors (Lipinski definition) is 2. The molecule has 0 atom stereocenters. The molecule has 0 aromatic rings. The summed E-state index contributed by atoms with van der Waals surface area (Å²) in [6.45, 7) is 13.1. The van der Waals surface area contributed by atoms with E-state index in [0.29, 0.717) is 5.41 Å². The molecule has 4 heteroatoms. The molecule has 0 aliphatic rings. The van der Waals surface area contributed by atoms with E-state index in [2.05, 4.69) is 27.7 Å². The SMILES string of the molecule is C.CC.CCCC(C)(C)C.N.N.[CH3-].[Y].[Y]. The first-order valence-corrected chi connectivity index (χ1v) is 4.06. The van der Waals surface area contributed by atoms with E-state index in [1.807, 2.05) is 13.8 Å². The zero-order chi connectivity index (χ0) is 7.91. The Kier molecular flexibility index (Phi) is 128. The molecular formula is C11H35N2Y2-. The van der Waals surface area contributed by atoms with Crippen LogP contribution in [0.2, 0.25) is 0 Å². The van der Waals surface area contributed by atoms with Crippen LogP contribution in [-0.2, 0) is 65.4 Å². The predicted molar refractivity (Wildman–Crippen MR) is 68.9 cm³/mol. The van der Waals surface area contributed by atoms with Gasteiger partial charge in [0.2, 0.25) is 0 Å². The van der Waals surface area contributed by atoms with Crippen molar-refractivity contribution < 1.29 is 65.4 Å². The minimum atomic E-state index is 0. The fraction of sp³-hybridized carbons (Fsp3) is 0.909. The minimum absolute atomic E-state index is 0. The third-order valence-electron chi connectivity index (χ3n) is 1.000. The summed E-state index contributed by atoms with van der Waals surface area (Å²) >= 11 is 0. The van der Waals surface area contributed by atoms with Gasteiger partial charge in [0, 0.05) is 65.4 Å². The molecule has 0 amide bonds. The molecule has 0 fully saturated rings. The molecule has 0 unspecified atom stereocenters. The Balaban J connectivity index is -0.00000000965. The molecular weight excluding hydrogens is 338 g/mol. The molecule has 2 radical (unpaired) electrons. The van der Waals surface area contributed by atoms with E-state index >= 15 is 0 Å². The van der Waals surface area contributed by atoms with Crippen molar-refractivity contribution in [3.63, 3.8) is 0 Å². The Morgan fingerprint density at radius 1 is 0.867 bits per heavy atom. The molecule has 0 heterocycles. The normalized spacial score (nSPS) is 6.00. The number of rotatable bonds is 1. The molecule has 0 aromatic heterocycles. The van der Waals surface area contributed by atoms with E-state index in [9.17, 15) is 0 Å². The Hall–Kier alpha value is 2.13. The van der Waals surface area contributed by atoms with Gasteiger partial charge >= 0.3 is 0 Å². The van der Waals surface area contributed by atoms with Gasteiger partial charge in [-0.25, -0.2) is 0 Å². The largest absolute Gasteiger partial charge is 0.358 e. The Bertz CT molecular complexity index is 55.0. The van der Waals surface area contributed by atoms with Crippen LogP contribution in [0.25, 0.3) is 0 Å². The van der Waals surface area contributed by atoms with E-state index in [-0.39, 0.29) is 92.6 Å². The van der Waals surface area contributed by atoms with E-state index in [0.717, 1.165) is 0 Å². The van der Waals surface area contributed by atoms with Gasteiger partial charge in [-0.3, -0.25) is 0 Å². The van der Waals surface area contributed by atoms with Gasteiger partial charge in [0.05, 0.1) is 0 Å². The number of hydrogen-bond donors (Lipinski definition) is 2. The molecule has 0 saturated heterocycles. The third kappa shape index (κ3) is 85.7. The van der Waals surface area contributed by atoms with Crippen molar-refractivity contribution in [2.75, 3.05) is 0 Å². The predicted octanol–water partition coefficient (Wildman–Crippen LogP) is 5.26. The van der Waals surface area contributed by atoms with E-state index in [1.54, 1.807) is 0 Å². The summed E-state index contributed by atoms with van der Waals surface area (Å²) in [5.74, 6) is 0. The quantitative estimate of drug-likeness (QED) is 0.615. The Labute approximate surface area is 150 Å². The summed E-state index contributed by atoms with van der Waals surface area (Å²) in [4.78, 5) is 0. The fourth-order valence-corrected chi connectivity index (χ4v) is 0.750. The summed E-state index contributed by atoms with van der Waals surface area (Å²) < 4.78 is 0. The van der Waals surface area contributed by atoms with Gasteiger partial charge in [-0.2, -0.15) is 0 Å². The van der Waals surface area contributed by atoms with Crippen LogP contribution in [-0.4, -0.2) is 0 Å². The monoisotopic (exact) mass is 373 g/mol. The van der Waals surface area contributed by atoms with Crippen LogP contribution in [0, 0.1) is 12.8 Å². The zero-order valence-corrected chi connectivity index (χ0v) is 17.2. The second-order valence-electron chi connectivity index (χ2n) is 3.31. The van der Waals surface area contributed by atoms with Crippen molar-refractivity contribution in [3.8, 4) is 0 Å². The van der Waals surface area contributed by atoms with Gasteiger partial charge in [0.1, 0.15) is 0 Å². The summed E-state index contributed by atoms with van der Waals surface area (Å²) in [5.41, 5.74) is 0.550. The standard InChI is InChI=1S/C7H16.C2H6.CH4.CH3.2H3N.2Y/c1-5-6-7(2,3)4;1-2;;;;;;/h5-6H2,1-4H3;1-2H3;1H4;3*1H3;;/q;;;-1;;;;. The molecule has 96 valence electrons. The second kappa shape index (κ2) is 36.0. The Morgan fingerprint density at radius 2 is 1.07 bits per heavy atom. The minimum Gasteiger partial charge on any atom is -0.358 e. The molecule has 0 aliphatic carbocycles. The summed E-state index contributed by atoms with van der Waals surface area (Å²) in [7, 11) is 0. The molecule has 2 nitrogen and oxygen atoms in total. The first-order chi connectivity index (χ1) is 4.06. The summed E-state index contributed by atoms with van der Waals surface area (Å²) in [5, 5.41) is 0. The van der Waals surface area contributed by atoms with Crippen molar-refractivity contribution >= 4 is 0 Å². The molecule has 0 bridgehead atoms. The van der Waals surface area contributed by atoms with Crippen molar-refractivity contribution in [1.82, 2.24) is 12.3 Å². The molecule has 0 spiro atoms. The van der Waals surface area contributed by atoms with Gasteiger partial charge in [0.15, 0.2) is 0 Å². The smallest absolute Gasteiger partial charge is 0 e. The van der Waals surface area contributed by atoms with Gasteiger partial charge in [-0.15, -0.1) is 0 Å². The van der Waals surface area contributed by atoms with Crippen LogP contribution in [0.4, 0.5) is 0 Å². The maximum atomic E-state index is 2.27. The van der Waals surface area contributed by atoms with Crippen LogP contribution in [0.3, 0.4) is 0 Å². The van der Waals surface area contributed by atoms with Crippen LogP contribution in [0.5, 0.6) is 0 Å². The average molecular weight is 373 g/mol. The molecule has 0 aliphatic heterocycles. The molecule has 0 saturated carbocycles. The van der Waals surface area contributed by atoms with E-state index < -0.39 is 0 Å². The molecule has 15 heavy (non-hydrogen) atoms. The van der Waals surface area contributed by atoms with Gasteiger partial charge in [-0.1, -0.05) is 55.4 Å². The summed E-state index contributed by atoms with van der Waals surface area (Å²) in [6, 6.07) is 0. The van der Waals surface area contributed by atoms with Crippen LogP contribution < -0.4 is 12.3 Å². The third-order valence-corrected chi connectivity index (χ3v) is 1.000. The van der Waals surface area contributed by atoms with Crippen molar-refractivity contribution in [1.29, 1.82) is 0 Å². The van der Waals surface area contributed by atoms with Gasteiger partial charge in [-0.05, 0) is 11.8 Å². The first kappa shape index (κ1) is 53.5. The van der Waals surface area contributed by atoms with Crippen molar-refractivity contribution in [2.45, 2.75) is 61.8 Å². The topological polar surface area (TPSA) is 70.0 Å². The van der Waals surface area contributed by atoms with Gasteiger partial charge < -0.3 is 19.7 Å². The summed E-state index contributed by atoms with van der Waals surface area (Å²) in [6.07, 6.45) is 2.65. The van der Waals surface area contributed by atoms with Crippen LogP contribution in [0.1, 0.15) is 61.8 Å². The van der Waals surface area contributed by atoms with Crippen molar-refractivity contribution in [3.05, 3.63) is 7.43 Å². The van der Waals surface area contributed by atoms with Crippen molar-refractivity contribution in [2.24, 2.45) is 5.41 Å². The molecule has 6 N–H and O–H groups in total. The van der Waals surface area contributed by atoms with E-state index in [4.69, 9.17) is 0 Å². The molecule has 0 aromatic carbocycles.